The smallest absolute Gasteiger partial charge is 0.252 e. The first kappa shape index (κ1) is 21.3. The van der Waals surface area contributed by atoms with Gasteiger partial charge in [0.15, 0.2) is 5.65 Å². The molecule has 0 radical (unpaired) electrons. The molecule has 0 saturated carbocycles. The van der Waals surface area contributed by atoms with E-state index in [1.807, 2.05) is 43.3 Å². The minimum Gasteiger partial charge on any atom is -0.478 e. The van der Waals surface area contributed by atoms with E-state index >= 15 is 0 Å². The predicted molar refractivity (Wildman–Crippen MR) is 125 cm³/mol. The zero-order chi connectivity index (χ0) is 23.3. The molecule has 34 heavy (non-hydrogen) atoms. The number of nitrogens with one attached hydrogen (secondary N) is 1. The summed E-state index contributed by atoms with van der Waals surface area (Å²) >= 11 is 0. The van der Waals surface area contributed by atoms with Crippen molar-refractivity contribution in [2.75, 3.05) is 6.61 Å². The lowest BCUT2D eigenvalue weighted by Gasteiger charge is -2.10. The van der Waals surface area contributed by atoms with Crippen molar-refractivity contribution in [2.45, 2.75) is 20.0 Å². The molecule has 0 spiro atoms. The molecule has 0 aliphatic carbocycles. The monoisotopic (exact) mass is 454 g/mol. The maximum absolute atomic E-state index is 13.3. The van der Waals surface area contributed by atoms with E-state index < -0.39 is 0 Å². The quantitative estimate of drug-likeness (QED) is 0.379. The van der Waals surface area contributed by atoms with Gasteiger partial charge in [-0.15, -0.1) is 0 Å². The van der Waals surface area contributed by atoms with Crippen LogP contribution < -0.4 is 10.1 Å². The Balaban J connectivity index is 1.49. The number of fused-ring (bicyclic) bond motifs is 1. The predicted octanol–water partition coefficient (Wildman–Crippen LogP) is 3.86. The third kappa shape index (κ3) is 4.49. The maximum Gasteiger partial charge on any atom is 0.252 e. The van der Waals surface area contributed by atoms with E-state index in [4.69, 9.17) is 14.1 Å². The van der Waals surface area contributed by atoms with Crippen molar-refractivity contribution < 1.29 is 13.9 Å². The van der Waals surface area contributed by atoms with Gasteiger partial charge in [0.25, 0.3) is 5.91 Å². The zero-order valence-electron chi connectivity index (χ0n) is 18.5. The minimum absolute atomic E-state index is 0.232. The van der Waals surface area contributed by atoms with Gasteiger partial charge in [0.1, 0.15) is 12.3 Å². The SMILES string of the molecule is CCOc1cc(CNC(=O)c2cc(-c3cccnc3)nc3c2cnn3Cc2ccco2)ccn1. The number of pyridine rings is 3. The van der Waals surface area contributed by atoms with E-state index in [1.165, 1.54) is 0 Å². The van der Waals surface area contributed by atoms with Gasteiger partial charge in [-0.25, -0.2) is 14.6 Å². The van der Waals surface area contributed by atoms with Crippen LogP contribution in [0.4, 0.5) is 0 Å². The highest BCUT2D eigenvalue weighted by Crippen LogP contribution is 2.25. The second-order valence-corrected chi connectivity index (χ2v) is 7.53. The Bertz CT molecular complexity index is 1410. The van der Waals surface area contributed by atoms with Gasteiger partial charge in [0.05, 0.1) is 35.7 Å². The van der Waals surface area contributed by atoms with Gasteiger partial charge >= 0.3 is 0 Å². The number of rotatable bonds is 8. The molecule has 0 aromatic carbocycles. The summed E-state index contributed by atoms with van der Waals surface area (Å²) < 4.78 is 12.6. The topological polar surface area (TPSA) is 108 Å². The summed E-state index contributed by atoms with van der Waals surface area (Å²) in [5, 5.41) is 8.12. The van der Waals surface area contributed by atoms with E-state index in [-0.39, 0.29) is 5.91 Å². The lowest BCUT2D eigenvalue weighted by Crippen LogP contribution is -2.23. The van der Waals surface area contributed by atoms with Crippen LogP contribution in [-0.2, 0) is 13.1 Å². The number of hydrogen-bond acceptors (Lipinski definition) is 7. The molecule has 5 rings (SSSR count). The first-order valence-electron chi connectivity index (χ1n) is 10.9. The third-order valence-electron chi connectivity index (χ3n) is 5.24. The van der Waals surface area contributed by atoms with Crippen LogP contribution >= 0.6 is 0 Å². The second-order valence-electron chi connectivity index (χ2n) is 7.53. The van der Waals surface area contributed by atoms with Crippen molar-refractivity contribution in [3.8, 4) is 17.1 Å². The molecule has 5 aromatic heterocycles. The van der Waals surface area contributed by atoms with Crippen molar-refractivity contribution >= 4 is 16.9 Å². The Morgan fingerprint density at radius 1 is 1.15 bits per heavy atom. The van der Waals surface area contributed by atoms with Crippen LogP contribution in [0.15, 0.2) is 77.9 Å². The number of ether oxygens (including phenoxy) is 1. The molecule has 170 valence electrons. The Kier molecular flexibility index (Phi) is 5.98. The Hall–Kier alpha value is -4.53. The molecular weight excluding hydrogens is 432 g/mol. The van der Waals surface area contributed by atoms with Crippen LogP contribution in [0.2, 0.25) is 0 Å². The van der Waals surface area contributed by atoms with Gasteiger partial charge in [0, 0.05) is 36.8 Å². The van der Waals surface area contributed by atoms with E-state index in [0.29, 0.717) is 47.9 Å². The number of furan rings is 1. The van der Waals surface area contributed by atoms with Crippen molar-refractivity contribution in [1.29, 1.82) is 0 Å². The molecule has 0 saturated heterocycles. The number of hydrogen-bond donors (Lipinski definition) is 1. The number of carbonyl (C=O) groups excluding carboxylic acids is 1. The average molecular weight is 454 g/mol. The van der Waals surface area contributed by atoms with Crippen LogP contribution in [0, 0.1) is 0 Å². The summed E-state index contributed by atoms with van der Waals surface area (Å²) in [6.07, 6.45) is 8.35. The second kappa shape index (κ2) is 9.53. The van der Waals surface area contributed by atoms with Crippen molar-refractivity contribution in [1.82, 2.24) is 30.0 Å². The van der Waals surface area contributed by atoms with Gasteiger partial charge < -0.3 is 14.5 Å². The Morgan fingerprint density at radius 3 is 2.88 bits per heavy atom. The van der Waals surface area contributed by atoms with E-state index in [0.717, 1.165) is 16.9 Å². The highest BCUT2D eigenvalue weighted by molar-refractivity contribution is 6.06. The molecule has 1 amide bonds. The number of carbonyl (C=O) groups is 1. The molecule has 0 aliphatic heterocycles. The molecular formula is C25H22N6O3. The van der Waals surface area contributed by atoms with Crippen LogP contribution in [-0.4, -0.2) is 37.2 Å². The molecule has 5 aromatic rings. The number of amides is 1. The molecule has 5 heterocycles. The van der Waals surface area contributed by atoms with Crippen LogP contribution in [0.25, 0.3) is 22.3 Å². The van der Waals surface area contributed by atoms with Gasteiger partial charge in [-0.3, -0.25) is 9.78 Å². The van der Waals surface area contributed by atoms with Gasteiger partial charge in [-0.1, -0.05) is 0 Å². The summed E-state index contributed by atoms with van der Waals surface area (Å²) in [7, 11) is 0. The molecule has 0 bridgehead atoms. The molecule has 0 atom stereocenters. The molecule has 1 N–H and O–H groups in total. The fraction of sp³-hybridized carbons (Fsp3) is 0.160. The van der Waals surface area contributed by atoms with E-state index in [1.54, 1.807) is 41.8 Å². The summed E-state index contributed by atoms with van der Waals surface area (Å²) in [4.78, 5) is 26.4. The highest BCUT2D eigenvalue weighted by atomic mass is 16.5. The lowest BCUT2D eigenvalue weighted by atomic mass is 10.1. The van der Waals surface area contributed by atoms with Crippen LogP contribution in [0.3, 0.4) is 0 Å². The summed E-state index contributed by atoms with van der Waals surface area (Å²) in [5.74, 6) is 1.04. The van der Waals surface area contributed by atoms with Gasteiger partial charge in [-0.05, 0) is 48.9 Å². The first-order chi connectivity index (χ1) is 16.7. The van der Waals surface area contributed by atoms with Gasteiger partial charge in [0.2, 0.25) is 5.88 Å². The Labute approximate surface area is 195 Å². The number of nitrogens with zero attached hydrogens (tertiary/aromatic N) is 5. The maximum atomic E-state index is 13.3. The molecule has 0 fully saturated rings. The Morgan fingerprint density at radius 2 is 2.09 bits per heavy atom. The van der Waals surface area contributed by atoms with Crippen molar-refractivity contribution in [3.05, 3.63) is 90.4 Å². The molecule has 0 aliphatic rings. The van der Waals surface area contributed by atoms with E-state index in [2.05, 4.69) is 20.4 Å². The molecule has 9 heteroatoms. The van der Waals surface area contributed by atoms with E-state index in [9.17, 15) is 4.79 Å². The fourth-order valence-electron chi connectivity index (χ4n) is 3.63. The first-order valence-corrected chi connectivity index (χ1v) is 10.9. The lowest BCUT2D eigenvalue weighted by molar-refractivity contribution is 0.0952. The standard InChI is InChI=1S/C25H22N6O3/c1-2-33-23-11-17(7-9-27-23)13-28-25(32)20-12-22(18-5-3-8-26-14-18)30-24-21(20)15-29-31(24)16-19-6-4-10-34-19/h3-12,14-15H,2,13,16H2,1H3,(H,28,32). The molecule has 9 nitrogen and oxygen atoms in total. The summed E-state index contributed by atoms with van der Waals surface area (Å²) in [6.45, 7) is 3.15. The van der Waals surface area contributed by atoms with Gasteiger partial charge in [-0.2, -0.15) is 5.10 Å². The average Bonchev–Trinajstić information content (AvgIpc) is 3.53. The summed E-state index contributed by atoms with van der Waals surface area (Å²) in [6, 6.07) is 12.9. The molecule has 0 unspecified atom stereocenters. The third-order valence-corrected chi connectivity index (χ3v) is 5.24. The van der Waals surface area contributed by atoms with Crippen LogP contribution in [0.1, 0.15) is 28.6 Å². The normalized spacial score (nSPS) is 11.0. The fourth-order valence-corrected chi connectivity index (χ4v) is 3.63. The minimum atomic E-state index is -0.232. The van der Waals surface area contributed by atoms with Crippen molar-refractivity contribution in [2.24, 2.45) is 0 Å². The highest BCUT2D eigenvalue weighted by Gasteiger charge is 2.18. The van der Waals surface area contributed by atoms with Crippen molar-refractivity contribution in [3.63, 3.8) is 0 Å². The number of aromatic nitrogens is 5. The summed E-state index contributed by atoms with van der Waals surface area (Å²) in [5.41, 5.74) is 3.39. The largest absolute Gasteiger partial charge is 0.478 e. The van der Waals surface area contributed by atoms with Crippen LogP contribution in [0.5, 0.6) is 5.88 Å². The zero-order valence-corrected chi connectivity index (χ0v) is 18.5.